The lowest BCUT2D eigenvalue weighted by atomic mass is 9.12. The van der Waals surface area contributed by atoms with Crippen LogP contribution in [0.25, 0.3) is 21.5 Å². The highest BCUT2D eigenvalue weighted by atomic mass is 19.4. The molecule has 0 saturated carbocycles. The topological polar surface area (TPSA) is 13.1 Å². The average Bonchev–Trinajstić information content (AvgIpc) is 3.54. The number of benzene rings is 7. The zero-order chi connectivity index (χ0) is 58.0. The molecule has 1 heterocycles. The van der Waals surface area contributed by atoms with Gasteiger partial charge in [-0.25, -0.2) is 4.84 Å². The molecule has 0 atom stereocenters. The third-order valence-corrected chi connectivity index (χ3v) is 12.1. The maximum absolute atomic E-state index is 14.2. The number of aromatic nitrogens is 1. The van der Waals surface area contributed by atoms with E-state index in [9.17, 15) is 105 Å². The lowest BCUT2D eigenvalue weighted by Gasteiger charge is -2.46. The van der Waals surface area contributed by atoms with E-state index in [-0.39, 0.29) is 0 Å². The first-order valence-corrected chi connectivity index (χ1v) is 21.6. The summed E-state index contributed by atoms with van der Waals surface area (Å²) in [6, 6.07) is 15.9. The number of halogens is 24. The van der Waals surface area contributed by atoms with E-state index in [0.29, 0.717) is 0 Å². The van der Waals surface area contributed by atoms with Crippen molar-refractivity contribution in [3.05, 3.63) is 202 Å². The summed E-state index contributed by atoms with van der Waals surface area (Å²) >= 11 is 0. The van der Waals surface area contributed by atoms with Gasteiger partial charge in [0.15, 0.2) is 0 Å². The highest BCUT2D eigenvalue weighted by Gasteiger charge is 2.47. The smallest absolute Gasteiger partial charge is 0.231 e. The number of rotatable bonds is 6. The molecule has 0 bridgehead atoms. The molecule has 27 heteroatoms. The number of fused-ring (bicyclic) bond motifs is 3. The molecule has 0 aliphatic carbocycles. The summed E-state index contributed by atoms with van der Waals surface area (Å²) in [4.78, 5) is 6.02. The molecule has 1 aromatic heterocycles. The van der Waals surface area contributed by atoms with E-state index in [0.717, 1.165) is 11.1 Å². The molecule has 0 N–H and O–H groups in total. The van der Waals surface area contributed by atoms with Gasteiger partial charge in [0.25, 0.3) is 0 Å². The SMILES string of the molecule is FC(F)(F)c1cc([B-](c2cc(C(F)(F)F)cc(C(F)(F)F)c2)(c2cc(C(F)(F)F)cc(C(F)(F)F)c2)c2cc(C(F)(F)F)cc(C(F)(F)F)c2)cc(C(F)(F)F)c1.c1cc[n+](Oc2cc3ccccc3c3ccccc23)cc1. The van der Waals surface area contributed by atoms with Gasteiger partial charge in [-0.15, -0.1) is 0 Å². The first-order chi connectivity index (χ1) is 35.7. The molecular weight excluding hydrogens is 1110 g/mol. The summed E-state index contributed by atoms with van der Waals surface area (Å²) in [6.45, 7) is 0. The standard InChI is InChI=1S/C32H12BF24.C19H14NO/c34-25(35,36)13-1-14(26(37,38)39)6-21(5-13)33(22-7-15(27(40,41)42)2-16(8-22)28(43,44)45,23-9-17(29(46,47)48)3-18(10-23)30(49,50)51)24-11-19(31(52,53)54)4-20(12-24)32(55,56)57;1-6-12-20(13-7-1)21-19-14-15-8-2-3-9-16(15)17-10-4-5-11-18(17)19/h1-12H;1-14H/q-1;+1. The van der Waals surface area contributed by atoms with Crippen molar-refractivity contribution < 1.29 is 115 Å². The van der Waals surface area contributed by atoms with E-state index in [4.69, 9.17) is 4.84 Å². The van der Waals surface area contributed by atoms with Crippen LogP contribution in [0.15, 0.2) is 158 Å². The number of nitrogens with zero attached hydrogens (tertiary/aromatic N) is 1. The summed E-state index contributed by atoms with van der Waals surface area (Å²) in [7, 11) is 0. The van der Waals surface area contributed by atoms with Gasteiger partial charge in [-0.05, 0) is 46.5 Å². The fourth-order valence-electron chi connectivity index (χ4n) is 8.72. The maximum atomic E-state index is 14.2. The largest absolute Gasteiger partial charge is 0.416 e. The Labute approximate surface area is 421 Å². The Morgan fingerprint density at radius 2 is 0.526 bits per heavy atom. The number of hydrogen-bond acceptors (Lipinski definition) is 1. The quantitative estimate of drug-likeness (QED) is 0.0700. The van der Waals surface area contributed by atoms with E-state index in [1.807, 2.05) is 36.7 Å². The minimum absolute atomic E-state index is 0.691. The van der Waals surface area contributed by atoms with Gasteiger partial charge < -0.3 is 0 Å². The molecule has 412 valence electrons. The van der Waals surface area contributed by atoms with Gasteiger partial charge in [0.1, 0.15) is 6.15 Å². The monoisotopic (exact) mass is 1140 g/mol. The first kappa shape index (κ1) is 58.1. The van der Waals surface area contributed by atoms with Crippen LogP contribution in [0.3, 0.4) is 0 Å². The van der Waals surface area contributed by atoms with E-state index >= 15 is 0 Å². The molecule has 78 heavy (non-hydrogen) atoms. The van der Waals surface area contributed by atoms with Crippen LogP contribution >= 0.6 is 0 Å². The van der Waals surface area contributed by atoms with Crippen LogP contribution in [-0.4, -0.2) is 6.15 Å². The second-order valence-electron chi connectivity index (χ2n) is 17.2. The van der Waals surface area contributed by atoms with Crippen molar-refractivity contribution in [2.45, 2.75) is 49.4 Å². The highest BCUT2D eigenvalue weighted by Crippen LogP contribution is 2.42. The van der Waals surface area contributed by atoms with Crippen LogP contribution < -0.4 is 31.4 Å². The fourth-order valence-corrected chi connectivity index (χ4v) is 8.72. The Morgan fingerprint density at radius 1 is 0.269 bits per heavy atom. The lowest BCUT2D eigenvalue weighted by molar-refractivity contribution is -0.874. The summed E-state index contributed by atoms with van der Waals surface area (Å²) in [5, 5.41) is 4.76. The summed E-state index contributed by atoms with van der Waals surface area (Å²) in [5.41, 5.74) is -30.2. The molecule has 8 aromatic rings. The molecule has 8 rings (SSSR count). The normalized spacial score (nSPS) is 13.4. The average molecular weight is 1140 g/mol. The van der Waals surface area contributed by atoms with Gasteiger partial charge in [-0.2, -0.15) is 127 Å². The Balaban J connectivity index is 0.000000344. The molecule has 0 radical (unpaired) electrons. The molecule has 0 saturated heterocycles. The van der Waals surface area contributed by atoms with Crippen molar-refractivity contribution in [2.75, 3.05) is 0 Å². The van der Waals surface area contributed by atoms with Crippen LogP contribution in [-0.2, 0) is 49.4 Å². The summed E-state index contributed by atoms with van der Waals surface area (Å²) < 4.78 is 343. The maximum Gasteiger partial charge on any atom is 0.416 e. The molecule has 2 nitrogen and oxygen atoms in total. The summed E-state index contributed by atoms with van der Waals surface area (Å²) in [5.74, 6) is 0.862. The van der Waals surface area contributed by atoms with E-state index in [1.165, 1.54) is 16.2 Å². The Kier molecular flexibility index (Phi) is 14.9. The van der Waals surface area contributed by atoms with Crippen molar-refractivity contribution in [2.24, 2.45) is 0 Å². The number of alkyl halides is 24. The fraction of sp³-hybridized carbons (Fsp3) is 0.157. The van der Waals surface area contributed by atoms with E-state index in [2.05, 4.69) is 48.5 Å². The van der Waals surface area contributed by atoms with Crippen LogP contribution in [0.1, 0.15) is 44.5 Å². The van der Waals surface area contributed by atoms with Gasteiger partial charge >= 0.3 is 49.4 Å². The van der Waals surface area contributed by atoms with Crippen molar-refractivity contribution in [3.8, 4) is 5.75 Å². The van der Waals surface area contributed by atoms with Crippen LogP contribution in [0.5, 0.6) is 5.75 Å². The molecule has 0 spiro atoms. The molecular formula is C51H26BF24NO. The molecule has 0 unspecified atom stereocenters. The minimum Gasteiger partial charge on any atom is -0.231 e. The molecule has 0 aliphatic rings. The second-order valence-corrected chi connectivity index (χ2v) is 17.2. The van der Waals surface area contributed by atoms with E-state index < -0.39 is 195 Å². The van der Waals surface area contributed by atoms with Crippen molar-refractivity contribution in [1.82, 2.24) is 0 Å². The first-order valence-electron chi connectivity index (χ1n) is 21.6. The molecule has 7 aromatic carbocycles. The van der Waals surface area contributed by atoms with Crippen LogP contribution in [0.2, 0.25) is 0 Å². The van der Waals surface area contributed by atoms with Crippen molar-refractivity contribution in [1.29, 1.82) is 0 Å². The van der Waals surface area contributed by atoms with Crippen LogP contribution in [0, 0.1) is 0 Å². The van der Waals surface area contributed by atoms with Gasteiger partial charge in [0.05, 0.1) is 44.5 Å². The minimum atomic E-state index is -6.13. The zero-order valence-electron chi connectivity index (χ0n) is 38.0. The second kappa shape index (κ2) is 20.0. The molecule has 0 aliphatic heterocycles. The Hall–Kier alpha value is -7.61. The van der Waals surface area contributed by atoms with Crippen molar-refractivity contribution in [3.63, 3.8) is 0 Å². The Morgan fingerprint density at radius 3 is 0.808 bits per heavy atom. The third-order valence-electron chi connectivity index (χ3n) is 12.1. The lowest BCUT2D eigenvalue weighted by Crippen LogP contribution is -2.75. The number of hydrogen-bond donors (Lipinski definition) is 0. The molecule has 0 amide bonds. The van der Waals surface area contributed by atoms with Crippen LogP contribution in [0.4, 0.5) is 105 Å². The molecule has 0 fully saturated rings. The zero-order valence-corrected chi connectivity index (χ0v) is 38.0. The third kappa shape index (κ3) is 12.4. The highest BCUT2D eigenvalue weighted by molar-refractivity contribution is 7.20. The van der Waals surface area contributed by atoms with Gasteiger partial charge in [0, 0.05) is 22.2 Å². The van der Waals surface area contributed by atoms with Gasteiger partial charge in [-0.3, -0.25) is 0 Å². The summed E-state index contributed by atoms with van der Waals surface area (Å²) in [6.07, 6.45) is -51.0. The predicted molar refractivity (Wildman–Crippen MR) is 234 cm³/mol. The van der Waals surface area contributed by atoms with E-state index in [1.54, 1.807) is 4.73 Å². The van der Waals surface area contributed by atoms with Crippen molar-refractivity contribution >= 4 is 49.5 Å². The predicted octanol–water partition coefficient (Wildman–Crippen LogP) is 15.3. The number of pyridine rings is 1. The van der Waals surface area contributed by atoms with Gasteiger partial charge in [-0.1, -0.05) is 103 Å². The van der Waals surface area contributed by atoms with Gasteiger partial charge in [0.2, 0.25) is 18.1 Å². The Bertz CT molecular complexity index is 3060.